The molecule has 46 heavy (non-hydrogen) atoms. The molecule has 0 aliphatic heterocycles. The summed E-state index contributed by atoms with van der Waals surface area (Å²) in [7, 11) is 1.52. The number of nitrogens with zero attached hydrogens (tertiary/aromatic N) is 4. The normalized spacial score (nSPS) is 10.9. The summed E-state index contributed by atoms with van der Waals surface area (Å²) in [5, 5.41) is 6.90. The average Bonchev–Trinajstić information content (AvgIpc) is 3.49. The van der Waals surface area contributed by atoms with E-state index in [-0.39, 0.29) is 70.1 Å². The summed E-state index contributed by atoms with van der Waals surface area (Å²) in [6, 6.07) is 11.6. The van der Waals surface area contributed by atoms with Gasteiger partial charge >= 0.3 is 0 Å². The molecule has 0 radical (unpaired) electrons. The lowest BCUT2D eigenvalue weighted by Crippen LogP contribution is -2.51. The minimum absolute atomic E-state index is 0.0105. The molecule has 3 aromatic rings. The fraction of sp³-hybridized carbons (Fsp3) is 0.469. The fourth-order valence-electron chi connectivity index (χ4n) is 4.83. The zero-order valence-electron chi connectivity index (χ0n) is 26.5. The van der Waals surface area contributed by atoms with E-state index in [9.17, 15) is 19.2 Å². The van der Waals surface area contributed by atoms with Gasteiger partial charge in [-0.2, -0.15) is 12.6 Å². The summed E-state index contributed by atoms with van der Waals surface area (Å²) >= 11 is 4.15. The first-order valence-electron chi connectivity index (χ1n) is 15.4. The zero-order chi connectivity index (χ0) is 33.1. The van der Waals surface area contributed by atoms with Crippen molar-refractivity contribution in [1.82, 2.24) is 35.3 Å². The number of nitrogens with two attached hydrogens (primary N) is 1. The molecule has 0 aliphatic rings. The first-order valence-corrected chi connectivity index (χ1v) is 16.0. The van der Waals surface area contributed by atoms with E-state index in [2.05, 4.69) is 33.2 Å². The van der Waals surface area contributed by atoms with Crippen LogP contribution in [0.5, 0.6) is 0 Å². The van der Waals surface area contributed by atoms with Crippen molar-refractivity contribution in [2.45, 2.75) is 19.4 Å². The molecule has 5 N–H and O–H groups in total. The maximum atomic E-state index is 13.7. The number of H-pyrrole nitrogens is 1. The molecule has 2 aromatic heterocycles. The van der Waals surface area contributed by atoms with Crippen molar-refractivity contribution < 1.29 is 23.9 Å². The van der Waals surface area contributed by atoms with Crippen molar-refractivity contribution in [3.63, 3.8) is 0 Å². The first-order chi connectivity index (χ1) is 22.4. The molecule has 250 valence electrons. The number of methoxy groups -OCH3 is 1. The Morgan fingerprint density at radius 2 is 1.70 bits per heavy atom. The van der Waals surface area contributed by atoms with Crippen LogP contribution in [0.3, 0.4) is 0 Å². The van der Waals surface area contributed by atoms with Crippen LogP contribution in [0.2, 0.25) is 0 Å². The number of carbonyl (C=O) groups excluding carboxylic acids is 4. The van der Waals surface area contributed by atoms with E-state index in [4.69, 9.17) is 10.5 Å². The third-order valence-electron chi connectivity index (χ3n) is 7.33. The van der Waals surface area contributed by atoms with E-state index in [0.717, 1.165) is 22.0 Å². The highest BCUT2D eigenvalue weighted by atomic mass is 32.1. The number of aromatic nitrogens is 2. The fourth-order valence-corrected chi connectivity index (χ4v) is 4.94. The molecule has 0 unspecified atom stereocenters. The second kappa shape index (κ2) is 20.2. The number of benzene rings is 1. The van der Waals surface area contributed by atoms with E-state index in [1.165, 1.54) is 21.8 Å². The van der Waals surface area contributed by atoms with Gasteiger partial charge in [-0.25, -0.2) is 0 Å². The number of carbonyl (C=O) groups is 4. The van der Waals surface area contributed by atoms with Gasteiger partial charge in [0.25, 0.3) is 0 Å². The minimum atomic E-state index is -0.394. The Labute approximate surface area is 275 Å². The van der Waals surface area contributed by atoms with Gasteiger partial charge in [-0.1, -0.05) is 24.3 Å². The summed E-state index contributed by atoms with van der Waals surface area (Å²) in [5.41, 5.74) is 8.69. The number of para-hydroxylation sites is 1. The highest BCUT2D eigenvalue weighted by Crippen LogP contribution is 2.18. The van der Waals surface area contributed by atoms with Crippen LogP contribution in [-0.4, -0.2) is 127 Å². The lowest BCUT2D eigenvalue weighted by atomic mass is 10.1. The van der Waals surface area contributed by atoms with Gasteiger partial charge < -0.3 is 40.8 Å². The molecule has 0 bridgehead atoms. The molecule has 1 aromatic carbocycles. The van der Waals surface area contributed by atoms with Crippen molar-refractivity contribution in [1.29, 1.82) is 0 Å². The van der Waals surface area contributed by atoms with E-state index in [1.807, 2.05) is 42.6 Å². The van der Waals surface area contributed by atoms with Gasteiger partial charge in [0.05, 0.1) is 32.8 Å². The Hall–Kier alpha value is -3.98. The number of ether oxygens (including phenoxy) is 1. The molecule has 0 saturated carbocycles. The van der Waals surface area contributed by atoms with Gasteiger partial charge in [0.15, 0.2) is 0 Å². The molecule has 0 atom stereocenters. The van der Waals surface area contributed by atoms with Gasteiger partial charge in [0, 0.05) is 75.1 Å². The Morgan fingerprint density at radius 3 is 2.39 bits per heavy atom. The lowest BCUT2D eigenvalue weighted by molar-refractivity contribution is -0.145. The van der Waals surface area contributed by atoms with Crippen LogP contribution < -0.4 is 16.4 Å². The van der Waals surface area contributed by atoms with Crippen LogP contribution in [0.15, 0.2) is 55.0 Å². The van der Waals surface area contributed by atoms with Crippen LogP contribution in [0.25, 0.3) is 10.9 Å². The number of hydrogen-bond donors (Lipinski definition) is 5. The molecule has 13 nitrogen and oxygen atoms in total. The summed E-state index contributed by atoms with van der Waals surface area (Å²) in [6.07, 6.45) is 6.27. The van der Waals surface area contributed by atoms with Crippen LogP contribution >= 0.6 is 12.6 Å². The van der Waals surface area contributed by atoms with Crippen molar-refractivity contribution >= 4 is 47.2 Å². The number of hydrogen-bond acceptors (Lipinski definition) is 9. The van der Waals surface area contributed by atoms with Gasteiger partial charge in [0.1, 0.15) is 0 Å². The molecule has 0 aliphatic carbocycles. The number of amides is 4. The summed E-state index contributed by atoms with van der Waals surface area (Å²) < 4.78 is 5.18. The minimum Gasteiger partial charge on any atom is -0.383 e. The third kappa shape index (κ3) is 12.1. The Morgan fingerprint density at radius 1 is 0.957 bits per heavy atom. The van der Waals surface area contributed by atoms with Crippen LogP contribution in [0, 0.1) is 0 Å². The Kier molecular flexibility index (Phi) is 16.0. The predicted octanol–water partition coefficient (Wildman–Crippen LogP) is 0.422. The molecular weight excluding hydrogens is 608 g/mol. The van der Waals surface area contributed by atoms with Crippen molar-refractivity contribution in [3.05, 3.63) is 66.1 Å². The second-order valence-electron chi connectivity index (χ2n) is 10.7. The van der Waals surface area contributed by atoms with Gasteiger partial charge in [0.2, 0.25) is 23.6 Å². The number of thiol groups is 1. The van der Waals surface area contributed by atoms with Gasteiger partial charge in [-0.15, -0.1) is 0 Å². The quantitative estimate of drug-likeness (QED) is 0.103. The summed E-state index contributed by atoms with van der Waals surface area (Å²) in [4.78, 5) is 64.7. The molecule has 0 saturated heterocycles. The summed E-state index contributed by atoms with van der Waals surface area (Å²) in [6.45, 7) is 1.45. The molecular formula is C32H46N8O5S. The van der Waals surface area contributed by atoms with Crippen molar-refractivity contribution in [2.75, 3.05) is 78.4 Å². The molecule has 14 heteroatoms. The zero-order valence-corrected chi connectivity index (χ0v) is 27.3. The van der Waals surface area contributed by atoms with Gasteiger partial charge in [-0.3, -0.25) is 24.2 Å². The van der Waals surface area contributed by atoms with Crippen molar-refractivity contribution in [2.24, 2.45) is 5.73 Å². The first kappa shape index (κ1) is 36.5. The topological polar surface area (TPSA) is 166 Å². The van der Waals surface area contributed by atoms with Gasteiger partial charge in [-0.05, 0) is 42.6 Å². The maximum absolute atomic E-state index is 13.7. The van der Waals surface area contributed by atoms with E-state index >= 15 is 0 Å². The molecule has 2 heterocycles. The van der Waals surface area contributed by atoms with E-state index in [1.54, 1.807) is 12.4 Å². The average molecular weight is 655 g/mol. The maximum Gasteiger partial charge on any atom is 0.242 e. The number of rotatable bonds is 21. The number of pyridine rings is 1. The van der Waals surface area contributed by atoms with E-state index in [0.29, 0.717) is 38.2 Å². The lowest BCUT2D eigenvalue weighted by Gasteiger charge is -2.30. The van der Waals surface area contributed by atoms with Crippen LogP contribution in [0.4, 0.5) is 0 Å². The highest BCUT2D eigenvalue weighted by molar-refractivity contribution is 7.80. The number of aromatic amines is 1. The van der Waals surface area contributed by atoms with E-state index < -0.39 is 5.91 Å². The standard InChI is InChI=1S/C32H46N8O5S/c1-45-16-15-40(30(42)21-35-19-25-6-4-11-34-18-25)24-31(43)38(13-5-10-33)23-32(44)39(22-29(41)36-12-17-46)14-9-26-20-37-28-8-3-2-7-27(26)28/h2-4,6-8,11,18,20,35,37,46H,5,9-10,12-17,19,21-24,33H2,1H3,(H,36,41). The molecule has 4 amide bonds. The largest absolute Gasteiger partial charge is 0.383 e. The number of nitrogens with one attached hydrogen (secondary N) is 3. The molecule has 0 fully saturated rings. The molecule has 0 spiro atoms. The summed E-state index contributed by atoms with van der Waals surface area (Å²) in [5.74, 6) is -0.890. The Bertz CT molecular complexity index is 1390. The third-order valence-corrected chi connectivity index (χ3v) is 7.55. The predicted molar refractivity (Wildman–Crippen MR) is 180 cm³/mol. The smallest absolute Gasteiger partial charge is 0.242 e. The second-order valence-corrected chi connectivity index (χ2v) is 11.2. The molecule has 3 rings (SSSR count). The SMILES string of the molecule is COCCN(CC(=O)N(CCCN)CC(=O)N(CCc1c[nH]c2ccccc12)CC(=O)NCCS)C(=O)CNCc1cccnc1. The highest BCUT2D eigenvalue weighted by Gasteiger charge is 2.26. The van der Waals surface area contributed by atoms with Crippen LogP contribution in [0.1, 0.15) is 17.5 Å². The van der Waals surface area contributed by atoms with Crippen molar-refractivity contribution in [3.8, 4) is 0 Å². The van der Waals surface area contributed by atoms with Crippen LogP contribution in [-0.2, 0) is 36.9 Å². The Balaban J connectivity index is 1.69. The number of fused-ring (bicyclic) bond motifs is 1. The monoisotopic (exact) mass is 654 g/mol.